The largest absolute Gasteiger partial charge is 0.355 e. The van der Waals surface area contributed by atoms with Crippen LogP contribution in [0.15, 0.2) is 18.3 Å². The number of likely N-dealkylation sites (tertiary alicyclic amines) is 1. The average Bonchev–Trinajstić information content (AvgIpc) is 3.19. The lowest BCUT2D eigenvalue weighted by atomic mass is 10.1. The first-order chi connectivity index (χ1) is 10.3. The number of aromatic nitrogens is 1. The van der Waals surface area contributed by atoms with Gasteiger partial charge in [-0.2, -0.15) is 0 Å². The van der Waals surface area contributed by atoms with Crippen molar-refractivity contribution in [3.05, 3.63) is 23.9 Å². The van der Waals surface area contributed by atoms with E-state index in [1.54, 1.807) is 0 Å². The molecule has 0 bridgehead atoms. The Balaban J connectivity index is 1.57. The summed E-state index contributed by atoms with van der Waals surface area (Å²) < 4.78 is 0. The molecule has 2 aliphatic heterocycles. The summed E-state index contributed by atoms with van der Waals surface area (Å²) in [5, 5.41) is 0. The minimum atomic E-state index is 0.254. The van der Waals surface area contributed by atoms with Gasteiger partial charge in [-0.25, -0.2) is 4.98 Å². The predicted octanol–water partition coefficient (Wildman–Crippen LogP) is 2.04. The molecule has 2 fully saturated rings. The fraction of sp³-hybridized carbons (Fsp3) is 0.706. The molecular formula is C17H28N4. The number of nitrogens with zero attached hydrogens (tertiary/aromatic N) is 3. The Morgan fingerprint density at radius 2 is 2.10 bits per heavy atom. The summed E-state index contributed by atoms with van der Waals surface area (Å²) in [5.74, 6) is 1.13. The molecule has 0 amide bonds. The van der Waals surface area contributed by atoms with E-state index in [-0.39, 0.29) is 6.04 Å². The zero-order chi connectivity index (χ0) is 14.7. The maximum absolute atomic E-state index is 6.01. The van der Waals surface area contributed by atoms with E-state index in [1.807, 2.05) is 6.20 Å². The molecule has 0 aliphatic carbocycles. The Labute approximate surface area is 128 Å². The highest BCUT2D eigenvalue weighted by Gasteiger charge is 2.29. The van der Waals surface area contributed by atoms with E-state index in [0.29, 0.717) is 0 Å². The van der Waals surface area contributed by atoms with Crippen molar-refractivity contribution in [1.29, 1.82) is 0 Å². The topological polar surface area (TPSA) is 45.4 Å². The highest BCUT2D eigenvalue weighted by molar-refractivity contribution is 5.41. The molecular weight excluding hydrogens is 260 g/mol. The van der Waals surface area contributed by atoms with Crippen molar-refractivity contribution >= 4 is 5.82 Å². The number of anilines is 1. The zero-order valence-corrected chi connectivity index (χ0v) is 13.2. The smallest absolute Gasteiger partial charge is 0.128 e. The van der Waals surface area contributed by atoms with Gasteiger partial charge in [0.2, 0.25) is 0 Å². The second-order valence-electron chi connectivity index (χ2n) is 6.53. The van der Waals surface area contributed by atoms with E-state index in [9.17, 15) is 0 Å². The lowest BCUT2D eigenvalue weighted by Crippen LogP contribution is -2.35. The predicted molar refractivity (Wildman–Crippen MR) is 87.6 cm³/mol. The molecule has 4 heteroatoms. The Morgan fingerprint density at radius 1 is 1.29 bits per heavy atom. The van der Waals surface area contributed by atoms with Crippen LogP contribution in [-0.4, -0.2) is 48.1 Å². The van der Waals surface area contributed by atoms with Crippen molar-refractivity contribution in [1.82, 2.24) is 9.88 Å². The number of hydrogen-bond donors (Lipinski definition) is 1. The van der Waals surface area contributed by atoms with Crippen LogP contribution < -0.4 is 10.6 Å². The van der Waals surface area contributed by atoms with E-state index in [2.05, 4.69) is 33.8 Å². The third-order valence-electron chi connectivity index (χ3n) is 4.98. The molecule has 2 saturated heterocycles. The quantitative estimate of drug-likeness (QED) is 0.900. The molecule has 3 rings (SSSR count). The summed E-state index contributed by atoms with van der Waals surface area (Å²) in [4.78, 5) is 9.76. The van der Waals surface area contributed by atoms with Gasteiger partial charge in [0.1, 0.15) is 5.82 Å². The van der Waals surface area contributed by atoms with Crippen LogP contribution in [0.5, 0.6) is 0 Å². The van der Waals surface area contributed by atoms with Crippen LogP contribution in [0.25, 0.3) is 0 Å². The van der Waals surface area contributed by atoms with Crippen LogP contribution in [-0.2, 0) is 6.42 Å². The molecule has 2 N–H and O–H groups in total. The highest BCUT2D eigenvalue weighted by atomic mass is 15.3. The van der Waals surface area contributed by atoms with E-state index in [1.165, 1.54) is 37.9 Å². The first-order valence-corrected chi connectivity index (χ1v) is 8.45. The molecule has 1 aromatic heterocycles. The van der Waals surface area contributed by atoms with Crippen LogP contribution in [0.1, 0.15) is 38.2 Å². The lowest BCUT2D eigenvalue weighted by Gasteiger charge is -2.24. The maximum Gasteiger partial charge on any atom is 0.128 e. The van der Waals surface area contributed by atoms with Crippen molar-refractivity contribution in [2.45, 2.75) is 51.1 Å². The summed E-state index contributed by atoms with van der Waals surface area (Å²) in [5.41, 5.74) is 7.26. The molecule has 2 unspecified atom stereocenters. The minimum Gasteiger partial charge on any atom is -0.355 e. The van der Waals surface area contributed by atoms with Crippen molar-refractivity contribution in [3.8, 4) is 0 Å². The summed E-state index contributed by atoms with van der Waals surface area (Å²) in [7, 11) is 0. The first-order valence-electron chi connectivity index (χ1n) is 8.45. The van der Waals surface area contributed by atoms with Gasteiger partial charge in [-0.15, -0.1) is 0 Å². The third kappa shape index (κ3) is 3.55. The fourth-order valence-electron chi connectivity index (χ4n) is 3.53. The molecule has 3 heterocycles. The highest BCUT2D eigenvalue weighted by Crippen LogP contribution is 2.24. The average molecular weight is 288 g/mol. The molecule has 0 saturated carbocycles. The maximum atomic E-state index is 6.01. The number of nitrogens with two attached hydrogens (primary N) is 1. The summed E-state index contributed by atoms with van der Waals surface area (Å²) in [6.45, 7) is 7.00. The summed E-state index contributed by atoms with van der Waals surface area (Å²) in [6, 6.07) is 5.36. The van der Waals surface area contributed by atoms with Crippen LogP contribution in [0.3, 0.4) is 0 Å². The van der Waals surface area contributed by atoms with Crippen molar-refractivity contribution in [3.63, 3.8) is 0 Å². The Morgan fingerprint density at radius 3 is 2.76 bits per heavy atom. The number of hydrogen-bond acceptors (Lipinski definition) is 4. The molecule has 4 nitrogen and oxygen atoms in total. The van der Waals surface area contributed by atoms with E-state index in [4.69, 9.17) is 5.73 Å². The summed E-state index contributed by atoms with van der Waals surface area (Å²) >= 11 is 0. The van der Waals surface area contributed by atoms with Gasteiger partial charge in [0, 0.05) is 31.4 Å². The minimum absolute atomic E-state index is 0.254. The van der Waals surface area contributed by atoms with E-state index >= 15 is 0 Å². The van der Waals surface area contributed by atoms with Gasteiger partial charge in [-0.1, -0.05) is 13.0 Å². The normalized spacial score (nSPS) is 24.7. The van der Waals surface area contributed by atoms with Crippen LogP contribution >= 0.6 is 0 Å². The van der Waals surface area contributed by atoms with Gasteiger partial charge >= 0.3 is 0 Å². The lowest BCUT2D eigenvalue weighted by molar-refractivity contribution is 0.260. The van der Waals surface area contributed by atoms with Gasteiger partial charge in [-0.3, -0.25) is 4.90 Å². The molecule has 1 aromatic rings. The number of rotatable bonds is 5. The molecule has 0 aromatic carbocycles. The van der Waals surface area contributed by atoms with Gasteiger partial charge in [0.05, 0.1) is 0 Å². The third-order valence-corrected chi connectivity index (χ3v) is 4.98. The molecule has 2 atom stereocenters. The standard InChI is InChI=1S/C17H28N4/c1-2-15(18)11-14-5-6-17(19-12-14)21-10-7-16(13-21)20-8-3-4-9-20/h5-6,12,15-16H,2-4,7-11,13,18H2,1H3. The Bertz CT molecular complexity index is 439. The monoisotopic (exact) mass is 288 g/mol. The molecule has 116 valence electrons. The van der Waals surface area contributed by atoms with Crippen molar-refractivity contribution < 1.29 is 0 Å². The molecule has 2 aliphatic rings. The van der Waals surface area contributed by atoms with Crippen molar-refractivity contribution in [2.75, 3.05) is 31.1 Å². The zero-order valence-electron chi connectivity index (χ0n) is 13.2. The summed E-state index contributed by atoms with van der Waals surface area (Å²) in [6.07, 6.45) is 7.99. The van der Waals surface area contributed by atoms with Gasteiger partial charge < -0.3 is 10.6 Å². The van der Waals surface area contributed by atoms with E-state index < -0.39 is 0 Å². The van der Waals surface area contributed by atoms with E-state index in [0.717, 1.165) is 37.8 Å². The molecule has 0 spiro atoms. The van der Waals surface area contributed by atoms with Crippen LogP contribution in [0.2, 0.25) is 0 Å². The van der Waals surface area contributed by atoms with Crippen LogP contribution in [0.4, 0.5) is 5.82 Å². The SMILES string of the molecule is CCC(N)Cc1ccc(N2CCC(N3CCCC3)C2)nc1. The van der Waals surface area contributed by atoms with Crippen LogP contribution in [0, 0.1) is 0 Å². The number of pyridine rings is 1. The second-order valence-corrected chi connectivity index (χ2v) is 6.53. The Kier molecular flexibility index (Phi) is 4.76. The van der Waals surface area contributed by atoms with Gasteiger partial charge in [0.25, 0.3) is 0 Å². The van der Waals surface area contributed by atoms with Gasteiger partial charge in [0.15, 0.2) is 0 Å². The van der Waals surface area contributed by atoms with Gasteiger partial charge in [-0.05, 0) is 56.8 Å². The van der Waals surface area contributed by atoms with Crippen molar-refractivity contribution in [2.24, 2.45) is 5.73 Å². The first kappa shape index (κ1) is 14.8. The fourth-order valence-corrected chi connectivity index (χ4v) is 3.53. The second kappa shape index (κ2) is 6.75. The molecule has 21 heavy (non-hydrogen) atoms. The molecule has 0 radical (unpaired) electrons. The Hall–Kier alpha value is -1.13.